The van der Waals surface area contributed by atoms with Gasteiger partial charge in [-0.05, 0) is 0 Å². The van der Waals surface area contributed by atoms with E-state index in [4.69, 9.17) is 5.11 Å². The summed E-state index contributed by atoms with van der Waals surface area (Å²) < 4.78 is 3.20. The number of hydrogen-bond donors (Lipinski definition) is 2. The van der Waals surface area contributed by atoms with E-state index in [0.29, 0.717) is 5.75 Å². The van der Waals surface area contributed by atoms with E-state index in [-0.39, 0.29) is 0 Å². The van der Waals surface area contributed by atoms with E-state index >= 15 is 0 Å². The van der Waals surface area contributed by atoms with E-state index in [9.17, 15) is 0 Å². The van der Waals surface area contributed by atoms with Crippen LogP contribution in [0.25, 0.3) is 0 Å². The molecule has 1 aromatic rings. The maximum atomic E-state index is 8.97. The van der Waals surface area contributed by atoms with Gasteiger partial charge in [0.25, 0.3) is 0 Å². The van der Waals surface area contributed by atoms with E-state index in [1.54, 1.807) is 12.1 Å². The van der Waals surface area contributed by atoms with Crippen LogP contribution in [0.2, 0.25) is 0 Å². The summed E-state index contributed by atoms with van der Waals surface area (Å²) in [5.41, 5.74) is 1.27. The number of phenolic OH excluding ortho intramolecular Hbond substituents is 1. The molecule has 3 heteroatoms. The van der Waals surface area contributed by atoms with Crippen molar-refractivity contribution in [3.8, 4) is 5.75 Å². The molecule has 0 aliphatic carbocycles. The molecule has 2 radical (unpaired) electrons. The van der Waals surface area contributed by atoms with Crippen molar-refractivity contribution in [2.24, 2.45) is 0 Å². The number of aromatic hydroxyl groups is 1. The van der Waals surface area contributed by atoms with E-state index in [0.717, 1.165) is 35.8 Å². The standard InChI is InChI=1S/C8H10NO.Sn.H/c9-6-5-7-1-3-8(10)4-2-7;;/h1-4,9-10H,5-6H2;;/q-1;+1;. The molecule has 0 spiro atoms. The van der Waals surface area contributed by atoms with Gasteiger partial charge in [-0.3, -0.25) is 0 Å². The molecule has 1 rings (SSSR count). The van der Waals surface area contributed by atoms with Gasteiger partial charge >= 0.3 is 80.0 Å². The zero-order chi connectivity index (χ0) is 8.10. The number of phenols is 1. The van der Waals surface area contributed by atoms with Gasteiger partial charge in [0.15, 0.2) is 0 Å². The molecule has 2 N–H and O–H groups in total. The van der Waals surface area contributed by atoms with Gasteiger partial charge in [-0.2, -0.15) is 0 Å². The fraction of sp³-hybridized carbons (Fsp3) is 0.250. The van der Waals surface area contributed by atoms with Crippen LogP contribution in [0.4, 0.5) is 0 Å². The Labute approximate surface area is 80.1 Å². The van der Waals surface area contributed by atoms with E-state index in [2.05, 4.69) is 3.54 Å². The van der Waals surface area contributed by atoms with E-state index < -0.39 is 0 Å². The van der Waals surface area contributed by atoms with Crippen LogP contribution in [0.3, 0.4) is 0 Å². The summed E-state index contributed by atoms with van der Waals surface area (Å²) in [4.78, 5) is 0. The van der Waals surface area contributed by atoms with Gasteiger partial charge in [0.1, 0.15) is 0 Å². The first-order chi connectivity index (χ1) is 5.33. The van der Waals surface area contributed by atoms with Crippen LogP contribution in [0.1, 0.15) is 5.56 Å². The minimum atomic E-state index is 0.340. The third kappa shape index (κ3) is 3.12. The molecular weight excluding hydrogens is 245 g/mol. The van der Waals surface area contributed by atoms with Gasteiger partial charge in [-0.25, -0.2) is 0 Å². The van der Waals surface area contributed by atoms with E-state index in [1.807, 2.05) is 12.1 Å². The van der Waals surface area contributed by atoms with Gasteiger partial charge in [0.05, 0.1) is 0 Å². The second-order valence-corrected chi connectivity index (χ2v) is 3.54. The van der Waals surface area contributed by atoms with Gasteiger partial charge in [0.2, 0.25) is 0 Å². The average molecular weight is 256 g/mol. The zero-order valence-electron chi connectivity index (χ0n) is 6.25. The Balaban J connectivity index is 2.52. The van der Waals surface area contributed by atoms with Crippen LogP contribution in [0, 0.1) is 0 Å². The van der Waals surface area contributed by atoms with E-state index in [1.165, 1.54) is 5.56 Å². The molecule has 0 fully saturated rings. The molecule has 0 saturated carbocycles. The Morgan fingerprint density at radius 1 is 1.27 bits per heavy atom. The van der Waals surface area contributed by atoms with Crippen molar-refractivity contribution in [1.82, 2.24) is 3.54 Å². The Hall–Kier alpha value is -0.221. The van der Waals surface area contributed by atoms with Crippen molar-refractivity contribution in [1.29, 1.82) is 0 Å². The summed E-state index contributed by atoms with van der Waals surface area (Å²) in [6.07, 6.45) is 1.04. The Morgan fingerprint density at radius 2 is 1.91 bits per heavy atom. The predicted octanol–water partition coefficient (Wildman–Crippen LogP) is 0.340. The van der Waals surface area contributed by atoms with Crippen molar-refractivity contribution in [3.63, 3.8) is 0 Å². The van der Waals surface area contributed by atoms with Crippen molar-refractivity contribution >= 4 is 22.8 Å². The molecule has 0 unspecified atom stereocenters. The Bertz CT molecular complexity index is 210. The molecule has 58 valence electrons. The number of benzene rings is 1. The molecule has 1 aromatic carbocycles. The molecule has 0 aliphatic rings. The fourth-order valence-corrected chi connectivity index (χ4v) is 1.29. The Kier molecular flexibility index (Phi) is 3.72. The molecule has 0 bridgehead atoms. The number of nitrogens with one attached hydrogen (secondary N) is 1. The number of hydrogen-bond acceptors (Lipinski definition) is 2. The molecule has 0 amide bonds. The second-order valence-electron chi connectivity index (χ2n) is 2.37. The topological polar surface area (TPSA) is 32.3 Å². The van der Waals surface area contributed by atoms with Crippen molar-refractivity contribution in [3.05, 3.63) is 29.8 Å². The monoisotopic (exact) mass is 257 g/mol. The molecule has 2 nitrogen and oxygen atoms in total. The third-order valence-electron chi connectivity index (χ3n) is 1.49. The molecule has 0 atom stereocenters. The summed E-state index contributed by atoms with van der Waals surface area (Å²) in [5.74, 6) is 0.340. The van der Waals surface area contributed by atoms with Crippen LogP contribution in [-0.2, 0) is 6.42 Å². The molecule has 0 aromatic heterocycles. The predicted molar refractivity (Wildman–Crippen MR) is 47.0 cm³/mol. The van der Waals surface area contributed by atoms with Crippen LogP contribution < -0.4 is 3.54 Å². The van der Waals surface area contributed by atoms with Gasteiger partial charge in [-0.1, -0.05) is 0 Å². The third-order valence-corrected chi connectivity index (χ3v) is 2.32. The van der Waals surface area contributed by atoms with Gasteiger partial charge < -0.3 is 0 Å². The zero-order valence-corrected chi connectivity index (χ0v) is 9.54. The molecule has 0 saturated heterocycles. The summed E-state index contributed by atoms with van der Waals surface area (Å²) in [6, 6.07) is 7.35. The fourth-order valence-electron chi connectivity index (χ4n) is 0.879. The summed E-state index contributed by atoms with van der Waals surface area (Å²) in [7, 11) is 0. The molecular formula is C8H11NOSn. The van der Waals surface area contributed by atoms with Crippen molar-refractivity contribution < 1.29 is 5.11 Å². The first kappa shape index (κ1) is 8.87. The molecule has 0 heterocycles. The van der Waals surface area contributed by atoms with Crippen LogP contribution in [-0.4, -0.2) is 34.4 Å². The SMILES string of the molecule is Oc1ccc(CC[NH][SnH])cc1. The summed E-state index contributed by atoms with van der Waals surface area (Å²) in [6.45, 7) is 1.03. The van der Waals surface area contributed by atoms with Crippen LogP contribution in [0.15, 0.2) is 24.3 Å². The average Bonchev–Trinajstić information content (AvgIpc) is 2.04. The molecule has 0 aliphatic heterocycles. The first-order valence-corrected chi connectivity index (χ1v) is 5.19. The van der Waals surface area contributed by atoms with Crippen LogP contribution >= 0.6 is 0 Å². The maximum absolute atomic E-state index is 8.97. The summed E-state index contributed by atoms with van der Waals surface area (Å²) in [5, 5.41) is 8.97. The van der Waals surface area contributed by atoms with Crippen molar-refractivity contribution in [2.45, 2.75) is 6.42 Å². The quantitative estimate of drug-likeness (QED) is 0.764. The Morgan fingerprint density at radius 3 is 2.45 bits per heavy atom. The van der Waals surface area contributed by atoms with Crippen LogP contribution in [0.5, 0.6) is 5.75 Å². The normalized spacial score (nSPS) is 9.91. The second kappa shape index (κ2) is 4.61. The first-order valence-electron chi connectivity index (χ1n) is 3.54. The summed E-state index contributed by atoms with van der Waals surface area (Å²) >= 11 is 1.11. The van der Waals surface area contributed by atoms with Gasteiger partial charge in [-0.15, -0.1) is 0 Å². The molecule has 11 heavy (non-hydrogen) atoms. The minimum absolute atomic E-state index is 0.340. The van der Waals surface area contributed by atoms with Crippen molar-refractivity contribution in [2.75, 3.05) is 6.54 Å². The number of rotatable bonds is 3. The van der Waals surface area contributed by atoms with Gasteiger partial charge in [0, 0.05) is 0 Å².